The first-order chi connectivity index (χ1) is 10.2. The Kier molecular flexibility index (Phi) is 6.09. The van der Waals surface area contributed by atoms with Crippen LogP contribution in [0.3, 0.4) is 0 Å². The van der Waals surface area contributed by atoms with Gasteiger partial charge < -0.3 is 10.0 Å². The van der Waals surface area contributed by atoms with Crippen LogP contribution in [0.4, 0.5) is 5.69 Å². The molecule has 0 amide bonds. The Morgan fingerprint density at radius 2 is 2.05 bits per heavy atom. The lowest BCUT2D eigenvalue weighted by molar-refractivity contribution is -0.137. The summed E-state index contributed by atoms with van der Waals surface area (Å²) >= 11 is 0. The van der Waals surface area contributed by atoms with Crippen LogP contribution in [0.2, 0.25) is 0 Å². The van der Waals surface area contributed by atoms with Crippen molar-refractivity contribution in [2.75, 3.05) is 11.4 Å². The Morgan fingerprint density at radius 1 is 1.29 bits per heavy atom. The standard InChI is InChI=1S/C18H27NO2/c1-2-15-8-6-11-17(14-15)19(13-7-12-18(20)21)16-9-4-3-5-10-16/h3-5,9-10,15,17H,2,6-8,11-14H2,1H3,(H,20,21). The van der Waals surface area contributed by atoms with E-state index in [1.807, 2.05) is 6.07 Å². The minimum Gasteiger partial charge on any atom is -0.481 e. The van der Waals surface area contributed by atoms with Crippen molar-refractivity contribution in [3.63, 3.8) is 0 Å². The molecule has 1 aromatic carbocycles. The Bertz CT molecular complexity index is 432. The van der Waals surface area contributed by atoms with Crippen LogP contribution in [-0.4, -0.2) is 23.7 Å². The Morgan fingerprint density at radius 3 is 2.71 bits per heavy atom. The van der Waals surface area contributed by atoms with Gasteiger partial charge in [-0.1, -0.05) is 44.4 Å². The fourth-order valence-corrected chi connectivity index (χ4v) is 3.46. The predicted octanol–water partition coefficient (Wildman–Crippen LogP) is 4.33. The third-order valence-corrected chi connectivity index (χ3v) is 4.65. The molecule has 0 radical (unpaired) electrons. The first-order valence-electron chi connectivity index (χ1n) is 8.24. The van der Waals surface area contributed by atoms with E-state index < -0.39 is 5.97 Å². The molecule has 1 saturated carbocycles. The summed E-state index contributed by atoms with van der Waals surface area (Å²) in [6, 6.07) is 11.0. The molecular formula is C18H27NO2. The van der Waals surface area contributed by atoms with Crippen LogP contribution in [0.15, 0.2) is 30.3 Å². The fourth-order valence-electron chi connectivity index (χ4n) is 3.46. The fraction of sp³-hybridized carbons (Fsp3) is 0.611. The van der Waals surface area contributed by atoms with E-state index in [0.29, 0.717) is 6.04 Å². The van der Waals surface area contributed by atoms with Crippen LogP contribution in [0, 0.1) is 5.92 Å². The van der Waals surface area contributed by atoms with Crippen molar-refractivity contribution in [1.82, 2.24) is 0 Å². The van der Waals surface area contributed by atoms with Gasteiger partial charge in [0.2, 0.25) is 0 Å². The maximum Gasteiger partial charge on any atom is 0.303 e. The summed E-state index contributed by atoms with van der Waals surface area (Å²) in [5, 5.41) is 8.87. The molecule has 21 heavy (non-hydrogen) atoms. The van der Waals surface area contributed by atoms with E-state index in [1.165, 1.54) is 37.8 Å². The number of aliphatic carboxylic acids is 1. The number of carboxylic acid groups (broad SMARTS) is 1. The highest BCUT2D eigenvalue weighted by Gasteiger charge is 2.26. The zero-order valence-corrected chi connectivity index (χ0v) is 13.0. The van der Waals surface area contributed by atoms with Gasteiger partial charge in [0.05, 0.1) is 0 Å². The van der Waals surface area contributed by atoms with E-state index in [9.17, 15) is 4.79 Å². The van der Waals surface area contributed by atoms with Crippen molar-refractivity contribution in [2.24, 2.45) is 5.92 Å². The monoisotopic (exact) mass is 289 g/mol. The second-order valence-corrected chi connectivity index (χ2v) is 6.12. The van der Waals surface area contributed by atoms with Crippen molar-refractivity contribution in [2.45, 2.75) is 57.9 Å². The van der Waals surface area contributed by atoms with Gasteiger partial charge in [-0.2, -0.15) is 0 Å². The molecule has 116 valence electrons. The number of anilines is 1. The molecule has 1 aliphatic rings. The van der Waals surface area contributed by atoms with Crippen LogP contribution in [-0.2, 0) is 4.79 Å². The summed E-state index contributed by atoms with van der Waals surface area (Å²) < 4.78 is 0. The normalized spacial score (nSPS) is 22.0. The predicted molar refractivity (Wildman–Crippen MR) is 86.7 cm³/mol. The van der Waals surface area contributed by atoms with Crippen LogP contribution >= 0.6 is 0 Å². The quantitative estimate of drug-likeness (QED) is 0.812. The molecule has 1 N–H and O–H groups in total. The Hall–Kier alpha value is -1.51. The number of hydrogen-bond acceptors (Lipinski definition) is 2. The van der Waals surface area contributed by atoms with Crippen LogP contribution < -0.4 is 4.90 Å². The van der Waals surface area contributed by atoms with E-state index >= 15 is 0 Å². The number of benzene rings is 1. The zero-order valence-electron chi connectivity index (χ0n) is 13.0. The van der Waals surface area contributed by atoms with Crippen molar-refractivity contribution >= 4 is 11.7 Å². The van der Waals surface area contributed by atoms with Gasteiger partial charge in [0.25, 0.3) is 0 Å². The molecule has 0 aromatic heterocycles. The van der Waals surface area contributed by atoms with Crippen molar-refractivity contribution in [1.29, 1.82) is 0 Å². The first kappa shape index (κ1) is 15.9. The second-order valence-electron chi connectivity index (χ2n) is 6.12. The second kappa shape index (κ2) is 8.06. The van der Waals surface area contributed by atoms with Gasteiger partial charge in [-0.15, -0.1) is 0 Å². The minimum absolute atomic E-state index is 0.257. The van der Waals surface area contributed by atoms with Gasteiger partial charge in [-0.25, -0.2) is 0 Å². The lowest BCUT2D eigenvalue weighted by Gasteiger charge is -2.39. The third kappa shape index (κ3) is 4.76. The van der Waals surface area contributed by atoms with Crippen LogP contribution in [0.5, 0.6) is 0 Å². The molecule has 0 aliphatic heterocycles. The number of hydrogen-bond donors (Lipinski definition) is 1. The SMILES string of the molecule is CCC1CCCC(N(CCCC(=O)O)c2ccccc2)C1. The largest absolute Gasteiger partial charge is 0.481 e. The molecule has 3 nitrogen and oxygen atoms in total. The highest BCUT2D eigenvalue weighted by molar-refractivity contribution is 5.66. The molecule has 2 rings (SSSR count). The topological polar surface area (TPSA) is 40.5 Å². The van der Waals surface area contributed by atoms with Gasteiger partial charge in [-0.3, -0.25) is 4.79 Å². The number of carboxylic acids is 1. The van der Waals surface area contributed by atoms with E-state index in [-0.39, 0.29) is 6.42 Å². The summed E-state index contributed by atoms with van der Waals surface area (Å²) in [4.78, 5) is 13.2. The van der Waals surface area contributed by atoms with Gasteiger partial charge in [-0.05, 0) is 37.3 Å². The summed E-state index contributed by atoms with van der Waals surface area (Å²) in [5.41, 5.74) is 1.24. The highest BCUT2D eigenvalue weighted by Crippen LogP contribution is 2.32. The zero-order chi connectivity index (χ0) is 15.1. The maximum absolute atomic E-state index is 10.8. The molecule has 0 heterocycles. The Labute approximate surface area is 128 Å². The summed E-state index contributed by atoms with van der Waals surface area (Å²) in [6.07, 6.45) is 7.37. The summed E-state index contributed by atoms with van der Waals surface area (Å²) in [7, 11) is 0. The molecule has 0 spiro atoms. The maximum atomic E-state index is 10.8. The lowest BCUT2D eigenvalue weighted by Crippen LogP contribution is -2.39. The molecular weight excluding hydrogens is 262 g/mol. The van der Waals surface area contributed by atoms with E-state index in [0.717, 1.165) is 18.9 Å². The molecule has 1 aliphatic carbocycles. The number of carbonyl (C=O) groups is 1. The van der Waals surface area contributed by atoms with Crippen molar-refractivity contribution in [3.8, 4) is 0 Å². The van der Waals surface area contributed by atoms with E-state index in [2.05, 4.69) is 36.1 Å². The number of nitrogens with zero attached hydrogens (tertiary/aromatic N) is 1. The molecule has 0 saturated heterocycles. The molecule has 2 atom stereocenters. The van der Waals surface area contributed by atoms with Crippen molar-refractivity contribution < 1.29 is 9.90 Å². The minimum atomic E-state index is -0.696. The number of rotatable bonds is 7. The van der Waals surface area contributed by atoms with Gasteiger partial charge in [0.1, 0.15) is 0 Å². The average Bonchev–Trinajstić information content (AvgIpc) is 2.52. The van der Waals surface area contributed by atoms with Crippen molar-refractivity contribution in [3.05, 3.63) is 30.3 Å². The Balaban J connectivity index is 2.05. The lowest BCUT2D eigenvalue weighted by atomic mass is 9.83. The first-order valence-corrected chi connectivity index (χ1v) is 8.24. The molecule has 1 aromatic rings. The van der Waals surface area contributed by atoms with Gasteiger partial charge >= 0.3 is 5.97 Å². The molecule has 2 unspecified atom stereocenters. The summed E-state index contributed by atoms with van der Waals surface area (Å²) in [5.74, 6) is 0.132. The van der Waals surface area contributed by atoms with E-state index in [4.69, 9.17) is 5.11 Å². The van der Waals surface area contributed by atoms with Gasteiger partial charge in [0.15, 0.2) is 0 Å². The number of para-hydroxylation sites is 1. The summed E-state index contributed by atoms with van der Waals surface area (Å²) in [6.45, 7) is 3.13. The van der Waals surface area contributed by atoms with Gasteiger partial charge in [0, 0.05) is 24.7 Å². The average molecular weight is 289 g/mol. The van der Waals surface area contributed by atoms with Crippen LogP contribution in [0.1, 0.15) is 51.9 Å². The third-order valence-electron chi connectivity index (χ3n) is 4.65. The van der Waals surface area contributed by atoms with Crippen LogP contribution in [0.25, 0.3) is 0 Å². The molecule has 0 bridgehead atoms. The molecule has 1 fully saturated rings. The smallest absolute Gasteiger partial charge is 0.303 e. The molecule has 3 heteroatoms. The highest BCUT2D eigenvalue weighted by atomic mass is 16.4. The van der Waals surface area contributed by atoms with E-state index in [1.54, 1.807) is 0 Å².